The summed E-state index contributed by atoms with van der Waals surface area (Å²) in [5.41, 5.74) is 1.36. The molecule has 0 aromatic heterocycles. The molecule has 10 heteroatoms. The predicted molar refractivity (Wildman–Crippen MR) is 94.0 cm³/mol. The van der Waals surface area contributed by atoms with Crippen LogP contribution in [0.2, 0.25) is 0 Å². The molecule has 3 rings (SSSR count). The van der Waals surface area contributed by atoms with Gasteiger partial charge in [0.25, 0.3) is 0 Å². The number of aliphatic hydroxyl groups is 3. The van der Waals surface area contributed by atoms with Gasteiger partial charge in [0.05, 0.1) is 17.7 Å². The quantitative estimate of drug-likeness (QED) is 0.392. The number of carbonyl (C=O) groups is 1. The molecule has 5 atom stereocenters. The van der Waals surface area contributed by atoms with Crippen LogP contribution in [0.15, 0.2) is 48.5 Å². The monoisotopic (exact) mass is 1050 g/mol. The van der Waals surface area contributed by atoms with Gasteiger partial charge in [-0.05, 0) is 55.5 Å². The molecule has 1 aliphatic rings. The van der Waals surface area contributed by atoms with Crippen molar-refractivity contribution >= 4 is 5.78 Å². The average Bonchev–Trinajstić information content (AvgIpc) is 2.70. The molecule has 149 valence electrons. The summed E-state index contributed by atoms with van der Waals surface area (Å²) in [6.07, 6.45) is -5.83. The third-order valence-corrected chi connectivity index (χ3v) is 4.45. The van der Waals surface area contributed by atoms with Gasteiger partial charge in [-0.2, -0.15) is 5.26 Å². The number of ether oxygens (including phenoxy) is 2. The van der Waals surface area contributed by atoms with Crippen LogP contribution in [-0.4, -0.2) is 51.8 Å². The molecule has 1 fully saturated rings. The van der Waals surface area contributed by atoms with E-state index in [1.165, 1.54) is 0 Å². The van der Waals surface area contributed by atoms with E-state index in [4.69, 9.17) is 14.7 Å². The van der Waals surface area contributed by atoms with Gasteiger partial charge >= 0.3 is 0 Å². The third kappa shape index (κ3) is 7.81. The third-order valence-electron chi connectivity index (χ3n) is 4.45. The Balaban J connectivity index is 0.00000280. The fourth-order valence-corrected chi connectivity index (χ4v) is 2.79. The van der Waals surface area contributed by atoms with Crippen molar-refractivity contribution < 1.29 is 162 Å². The Morgan fingerprint density at radius 2 is 1.40 bits per heavy atom. The zero-order chi connectivity index (χ0) is 19.6. The maximum atomic E-state index is 12.5. The van der Waals surface area contributed by atoms with Crippen LogP contribution < -0.4 is 4.74 Å². The molecule has 30 heavy (non-hydrogen) atoms. The summed E-state index contributed by atoms with van der Waals surface area (Å²) in [7, 11) is 0. The van der Waals surface area contributed by atoms with Gasteiger partial charge in [0, 0.05) is 143 Å². The van der Waals surface area contributed by atoms with Crippen molar-refractivity contribution in [3.63, 3.8) is 0 Å². The number of hydrogen-bond donors (Lipinski definition) is 3. The van der Waals surface area contributed by atoms with E-state index in [1.54, 1.807) is 55.5 Å². The Labute approximate surface area is 282 Å². The molecular formula is C20H19Ac3NO6. The maximum Gasteiger partial charge on any atom is 0.229 e. The summed E-state index contributed by atoms with van der Waals surface area (Å²) < 4.78 is 10.9. The van der Waals surface area contributed by atoms with Crippen LogP contribution in [0.25, 0.3) is 0 Å². The zero-order valence-corrected chi connectivity index (χ0v) is 30.5. The molecule has 1 aliphatic heterocycles. The first-order valence-corrected chi connectivity index (χ1v) is 8.42. The second-order valence-electron chi connectivity index (χ2n) is 6.34. The van der Waals surface area contributed by atoms with Gasteiger partial charge in [0.2, 0.25) is 6.29 Å². The smallest absolute Gasteiger partial charge is 0.229 e. The molecule has 0 spiro atoms. The Morgan fingerprint density at radius 3 is 1.90 bits per heavy atom. The van der Waals surface area contributed by atoms with E-state index < -0.39 is 30.7 Å². The van der Waals surface area contributed by atoms with Gasteiger partial charge in [0.15, 0.2) is 5.78 Å². The van der Waals surface area contributed by atoms with Crippen LogP contribution >= 0.6 is 0 Å². The topological polar surface area (TPSA) is 120 Å². The van der Waals surface area contributed by atoms with E-state index in [2.05, 4.69) is 0 Å². The van der Waals surface area contributed by atoms with E-state index in [-0.39, 0.29) is 138 Å². The molecule has 5 unspecified atom stereocenters. The van der Waals surface area contributed by atoms with Crippen LogP contribution in [0.3, 0.4) is 0 Å². The Morgan fingerprint density at radius 1 is 0.900 bits per heavy atom. The number of nitrogens with zero attached hydrogens (tertiary/aromatic N) is 1. The van der Waals surface area contributed by atoms with Crippen molar-refractivity contribution in [2.45, 2.75) is 37.6 Å². The van der Waals surface area contributed by atoms with Crippen molar-refractivity contribution in [3.05, 3.63) is 65.2 Å². The number of benzene rings is 2. The minimum atomic E-state index is -1.41. The molecule has 7 nitrogen and oxygen atoms in total. The molecular weight excluding hydrogens is 1030 g/mol. The molecule has 0 amide bonds. The Hall–Kier alpha value is 1.56. The standard InChI is InChI=1S/C20H19NO6.3Ac/c1-11-16(22)18(24)19(25)20(26-11)27-15-8-6-14(7-9-15)17(23)13-4-2-12(10-21)3-5-13;;;/h2-9,11,16,18-20,22,24-25H,1H3;;;. The largest absolute Gasteiger partial charge is 0.462 e. The van der Waals surface area contributed by atoms with Crippen molar-refractivity contribution in [2.24, 2.45) is 0 Å². The number of carbonyl (C=O) groups excluding carboxylic acids is 1. The van der Waals surface area contributed by atoms with Crippen LogP contribution in [-0.2, 0) is 4.74 Å². The van der Waals surface area contributed by atoms with Gasteiger partial charge in [-0.25, -0.2) is 0 Å². The van der Waals surface area contributed by atoms with E-state index in [0.717, 1.165) is 0 Å². The number of ketones is 1. The molecule has 0 bridgehead atoms. The molecule has 0 saturated carbocycles. The summed E-state index contributed by atoms with van der Waals surface area (Å²) in [6.45, 7) is 1.56. The summed E-state index contributed by atoms with van der Waals surface area (Å²) in [5.74, 6) is 0.137. The normalized spacial score (nSPS) is 24.8. The minimum Gasteiger partial charge on any atom is -0.462 e. The van der Waals surface area contributed by atoms with Crippen LogP contribution in [0, 0.1) is 144 Å². The molecule has 3 N–H and O–H groups in total. The molecule has 0 aliphatic carbocycles. The molecule has 1 heterocycles. The second kappa shape index (κ2) is 14.7. The number of hydrogen-bond acceptors (Lipinski definition) is 7. The van der Waals surface area contributed by atoms with Crippen molar-refractivity contribution in [1.29, 1.82) is 5.26 Å². The van der Waals surface area contributed by atoms with Gasteiger partial charge < -0.3 is 24.8 Å². The first-order valence-electron chi connectivity index (χ1n) is 8.42. The Kier molecular flexibility index (Phi) is 15.5. The Bertz CT molecular complexity index is 856. The van der Waals surface area contributed by atoms with Gasteiger partial charge in [-0.15, -0.1) is 0 Å². The average molecular weight is 1050 g/mol. The fraction of sp³-hybridized carbons (Fsp3) is 0.300. The minimum absolute atomic E-state index is 0. The van der Waals surface area contributed by atoms with Crippen molar-refractivity contribution in [1.82, 2.24) is 0 Å². The van der Waals surface area contributed by atoms with Crippen LogP contribution in [0.5, 0.6) is 5.75 Å². The summed E-state index contributed by atoms with van der Waals surface area (Å²) >= 11 is 0. The van der Waals surface area contributed by atoms with E-state index in [9.17, 15) is 20.1 Å². The van der Waals surface area contributed by atoms with E-state index in [1.807, 2.05) is 6.07 Å². The van der Waals surface area contributed by atoms with Crippen LogP contribution in [0.4, 0.5) is 0 Å². The van der Waals surface area contributed by atoms with Crippen molar-refractivity contribution in [3.8, 4) is 11.8 Å². The maximum absolute atomic E-state index is 12.5. The second-order valence-corrected chi connectivity index (χ2v) is 6.34. The first kappa shape index (κ1) is 31.6. The summed E-state index contributed by atoms with van der Waals surface area (Å²) in [4.78, 5) is 12.5. The molecule has 3 radical (unpaired) electrons. The van der Waals surface area contributed by atoms with Crippen molar-refractivity contribution in [2.75, 3.05) is 0 Å². The summed E-state index contributed by atoms with van der Waals surface area (Å²) in [6, 6.07) is 14.6. The van der Waals surface area contributed by atoms with Gasteiger partial charge in [0.1, 0.15) is 24.1 Å². The zero-order valence-electron chi connectivity index (χ0n) is 16.3. The van der Waals surface area contributed by atoms with E-state index >= 15 is 0 Å². The molecule has 1 saturated heterocycles. The van der Waals surface area contributed by atoms with E-state index in [0.29, 0.717) is 22.4 Å². The molecule has 2 aromatic rings. The SMILES string of the molecule is CC1OC(Oc2ccc(C(=O)c3ccc(C#N)cc3)cc2)C(O)C(O)C1O.[Ac].[Ac].[Ac]. The van der Waals surface area contributed by atoms with Gasteiger partial charge in [-0.1, -0.05) is 0 Å². The first-order chi connectivity index (χ1) is 12.9. The summed E-state index contributed by atoms with van der Waals surface area (Å²) in [5, 5.41) is 38.3. The van der Waals surface area contributed by atoms with Gasteiger partial charge in [-0.3, -0.25) is 4.79 Å². The predicted octanol–water partition coefficient (Wildman–Crippen LogP) is 0.996. The number of nitriles is 1. The molecule has 2 aromatic carbocycles. The fourth-order valence-electron chi connectivity index (χ4n) is 2.79. The van der Waals surface area contributed by atoms with Crippen LogP contribution in [0.1, 0.15) is 28.4 Å². The number of rotatable bonds is 4. The number of aliphatic hydroxyl groups excluding tert-OH is 3.